The highest BCUT2D eigenvalue weighted by atomic mass is 35.5. The van der Waals surface area contributed by atoms with Crippen LogP contribution in [0.5, 0.6) is 0 Å². The van der Waals surface area contributed by atoms with E-state index in [1.54, 1.807) is 0 Å². The molecule has 4 aliphatic carbocycles. The molecule has 5 fully saturated rings. The molecule has 4 saturated carbocycles. The summed E-state index contributed by atoms with van der Waals surface area (Å²) in [6, 6.07) is 4.46. The Balaban J connectivity index is 1.73. The van der Waals surface area contributed by atoms with Crippen molar-refractivity contribution in [2.24, 2.45) is 23.7 Å². The Morgan fingerprint density at radius 3 is 2.22 bits per heavy atom. The Morgan fingerprint density at radius 1 is 1.06 bits per heavy atom. The first-order chi connectivity index (χ1) is 8.61. The minimum atomic E-state index is -0.515. The maximum Gasteiger partial charge on any atom is 0.163 e. The van der Waals surface area contributed by atoms with Crippen molar-refractivity contribution < 1.29 is 4.74 Å². The molecule has 1 heterocycles. The highest BCUT2D eigenvalue weighted by molar-refractivity contribution is 6.24. The molecule has 7 atom stereocenters. The van der Waals surface area contributed by atoms with Gasteiger partial charge in [0.2, 0.25) is 0 Å². The second kappa shape index (κ2) is 3.21. The molecule has 5 aliphatic rings. The van der Waals surface area contributed by atoms with E-state index >= 15 is 0 Å². The second-order valence-corrected chi connectivity index (χ2v) is 7.42. The molecule has 4 bridgehead atoms. The van der Waals surface area contributed by atoms with Gasteiger partial charge in [0.05, 0.1) is 17.7 Å². The summed E-state index contributed by atoms with van der Waals surface area (Å²) < 4.78 is 5.96. The normalized spacial score (nSPS) is 60.1. The SMILES string of the molecule is N#C[C@@H]1[C@@H](C#N)OC12[C@@H]1CC3C[C@H]2CC(Cl)(C3)C1. The zero-order valence-electron chi connectivity index (χ0n) is 10.1. The van der Waals surface area contributed by atoms with Crippen molar-refractivity contribution in [2.75, 3.05) is 0 Å². The highest BCUT2D eigenvalue weighted by Crippen LogP contribution is 2.68. The van der Waals surface area contributed by atoms with Gasteiger partial charge in [-0.25, -0.2) is 0 Å². The maximum absolute atomic E-state index is 9.39. The average Bonchev–Trinajstić information content (AvgIpc) is 2.25. The van der Waals surface area contributed by atoms with E-state index < -0.39 is 6.10 Å². The van der Waals surface area contributed by atoms with Crippen molar-refractivity contribution in [2.45, 2.75) is 48.7 Å². The molecule has 18 heavy (non-hydrogen) atoms. The van der Waals surface area contributed by atoms with Gasteiger partial charge < -0.3 is 4.74 Å². The van der Waals surface area contributed by atoms with Crippen molar-refractivity contribution in [1.29, 1.82) is 10.5 Å². The number of hydrogen-bond donors (Lipinski definition) is 0. The zero-order chi connectivity index (χ0) is 12.5. The molecule has 1 aliphatic heterocycles. The third kappa shape index (κ3) is 1.09. The summed E-state index contributed by atoms with van der Waals surface area (Å²) in [6.07, 6.45) is 4.84. The minimum Gasteiger partial charge on any atom is -0.353 e. The fourth-order valence-electron chi connectivity index (χ4n) is 5.40. The zero-order valence-corrected chi connectivity index (χ0v) is 10.9. The van der Waals surface area contributed by atoms with E-state index in [-0.39, 0.29) is 16.4 Å². The van der Waals surface area contributed by atoms with E-state index in [2.05, 4.69) is 12.1 Å². The first-order valence-electron chi connectivity index (χ1n) is 6.77. The van der Waals surface area contributed by atoms with E-state index in [9.17, 15) is 5.26 Å². The molecule has 0 amide bonds. The van der Waals surface area contributed by atoms with Crippen LogP contribution in [0.15, 0.2) is 0 Å². The van der Waals surface area contributed by atoms with Gasteiger partial charge in [-0.2, -0.15) is 10.5 Å². The molecule has 0 aromatic heterocycles. The van der Waals surface area contributed by atoms with Crippen LogP contribution in [0.2, 0.25) is 0 Å². The monoisotopic (exact) mass is 262 g/mol. The van der Waals surface area contributed by atoms with Crippen LogP contribution in [0, 0.1) is 46.3 Å². The summed E-state index contributed by atoms with van der Waals surface area (Å²) in [5.41, 5.74) is -0.329. The Kier molecular flexibility index (Phi) is 1.98. The van der Waals surface area contributed by atoms with Gasteiger partial charge in [0.15, 0.2) is 6.10 Å². The van der Waals surface area contributed by atoms with Crippen molar-refractivity contribution in [3.8, 4) is 12.1 Å². The molecule has 0 N–H and O–H groups in total. The molecule has 5 rings (SSSR count). The van der Waals surface area contributed by atoms with Gasteiger partial charge in [0, 0.05) is 4.87 Å². The molecule has 1 spiro atoms. The fraction of sp³-hybridized carbons (Fsp3) is 0.857. The predicted octanol–water partition coefficient (Wildman–Crippen LogP) is 2.60. The number of nitrogens with zero attached hydrogens (tertiary/aromatic N) is 2. The number of hydrogen-bond acceptors (Lipinski definition) is 3. The maximum atomic E-state index is 9.39. The predicted molar refractivity (Wildman–Crippen MR) is 64.5 cm³/mol. The van der Waals surface area contributed by atoms with E-state index in [1.165, 1.54) is 0 Å². The number of halogens is 1. The summed E-state index contributed by atoms with van der Waals surface area (Å²) in [7, 11) is 0. The van der Waals surface area contributed by atoms with Crippen molar-refractivity contribution in [3.05, 3.63) is 0 Å². The molecule has 0 aromatic carbocycles. The molecule has 3 nitrogen and oxygen atoms in total. The molecular formula is C14H15ClN2O. The van der Waals surface area contributed by atoms with Crippen LogP contribution in [0.1, 0.15) is 32.1 Å². The lowest BCUT2D eigenvalue weighted by atomic mass is 9.45. The largest absolute Gasteiger partial charge is 0.353 e. The van der Waals surface area contributed by atoms with Crippen molar-refractivity contribution >= 4 is 11.6 Å². The Labute approximate surface area is 112 Å². The summed E-state index contributed by atoms with van der Waals surface area (Å²) in [5.74, 6) is 1.28. The molecule has 94 valence electrons. The van der Waals surface area contributed by atoms with Crippen LogP contribution in [0.25, 0.3) is 0 Å². The molecule has 0 radical (unpaired) electrons. The van der Waals surface area contributed by atoms with E-state index in [4.69, 9.17) is 21.6 Å². The van der Waals surface area contributed by atoms with E-state index in [1.807, 2.05) is 0 Å². The lowest BCUT2D eigenvalue weighted by Gasteiger charge is -2.68. The lowest BCUT2D eigenvalue weighted by Crippen LogP contribution is -2.73. The van der Waals surface area contributed by atoms with Crippen molar-refractivity contribution in [3.63, 3.8) is 0 Å². The number of nitriles is 2. The molecular weight excluding hydrogens is 248 g/mol. The topological polar surface area (TPSA) is 56.8 Å². The van der Waals surface area contributed by atoms with Crippen LogP contribution in [0.4, 0.5) is 0 Å². The summed E-state index contributed by atoms with van der Waals surface area (Å²) in [6.45, 7) is 0. The Hall–Kier alpha value is -0.770. The second-order valence-electron chi connectivity index (χ2n) is 6.62. The standard InChI is InChI=1S/C14H15ClN2O/c15-13-3-8-1-9(4-13)14(10(2-8)5-13)11(6-16)12(7-17)18-14/h8-12H,1-5H2/t8?,9-,10+,11-,12-,13?,14?/m1/s1. The molecule has 0 aromatic rings. The lowest BCUT2D eigenvalue weighted by molar-refractivity contribution is -0.313. The van der Waals surface area contributed by atoms with Gasteiger partial charge >= 0.3 is 0 Å². The number of alkyl halides is 1. The van der Waals surface area contributed by atoms with Gasteiger partial charge in [-0.3, -0.25) is 0 Å². The van der Waals surface area contributed by atoms with Crippen LogP contribution < -0.4 is 0 Å². The average molecular weight is 263 g/mol. The fourth-order valence-corrected chi connectivity index (χ4v) is 5.99. The third-order valence-electron chi connectivity index (χ3n) is 5.78. The van der Waals surface area contributed by atoms with Crippen molar-refractivity contribution in [1.82, 2.24) is 0 Å². The van der Waals surface area contributed by atoms with E-state index in [0.717, 1.165) is 38.0 Å². The summed E-state index contributed by atoms with van der Waals surface area (Å²) >= 11 is 6.70. The van der Waals surface area contributed by atoms with Crippen LogP contribution in [0.3, 0.4) is 0 Å². The van der Waals surface area contributed by atoms with Crippen LogP contribution >= 0.6 is 11.6 Å². The highest BCUT2D eigenvalue weighted by Gasteiger charge is 2.71. The molecule has 4 heteroatoms. The third-order valence-corrected chi connectivity index (χ3v) is 6.24. The van der Waals surface area contributed by atoms with Gasteiger partial charge in [-0.05, 0) is 49.9 Å². The van der Waals surface area contributed by atoms with Gasteiger partial charge in [0.1, 0.15) is 5.92 Å². The van der Waals surface area contributed by atoms with Gasteiger partial charge in [-0.1, -0.05) is 0 Å². The summed E-state index contributed by atoms with van der Waals surface area (Å²) in [5, 5.41) is 18.4. The van der Waals surface area contributed by atoms with Gasteiger partial charge in [0.25, 0.3) is 0 Å². The Bertz CT molecular complexity index is 475. The quantitative estimate of drug-likeness (QED) is 0.631. The van der Waals surface area contributed by atoms with Crippen LogP contribution in [-0.4, -0.2) is 16.6 Å². The number of ether oxygens (including phenoxy) is 1. The number of rotatable bonds is 0. The molecule has 1 saturated heterocycles. The van der Waals surface area contributed by atoms with Gasteiger partial charge in [-0.15, -0.1) is 11.6 Å². The van der Waals surface area contributed by atoms with Crippen LogP contribution in [-0.2, 0) is 4.74 Å². The smallest absolute Gasteiger partial charge is 0.163 e. The minimum absolute atomic E-state index is 0.0388. The first kappa shape index (κ1) is 11.1. The Morgan fingerprint density at radius 2 is 1.72 bits per heavy atom. The first-order valence-corrected chi connectivity index (χ1v) is 7.15. The summed E-state index contributed by atoms with van der Waals surface area (Å²) in [4.78, 5) is -0.0388. The van der Waals surface area contributed by atoms with E-state index in [0.29, 0.717) is 11.8 Å². The molecule has 3 unspecified atom stereocenters.